The largest absolute Gasteiger partial charge is 0.486 e. The number of hydrogen-bond donors (Lipinski definition) is 1. The van der Waals surface area contributed by atoms with E-state index in [-0.39, 0.29) is 12.2 Å². The number of nitrogens with one attached hydrogen (secondary N) is 1. The highest BCUT2D eigenvalue weighted by molar-refractivity contribution is 5.26. The summed E-state index contributed by atoms with van der Waals surface area (Å²) in [7, 11) is 1.97. The lowest BCUT2D eigenvalue weighted by Gasteiger charge is -2.43. The number of likely N-dealkylation sites (N-methyl/N-ethyl adjacent to an activating group) is 1. The first-order chi connectivity index (χ1) is 8.76. The number of pyridine rings is 1. The van der Waals surface area contributed by atoms with E-state index in [9.17, 15) is 0 Å². The number of rotatable bonds is 6. The summed E-state index contributed by atoms with van der Waals surface area (Å²) in [6, 6.07) is 4.27. The van der Waals surface area contributed by atoms with Crippen LogP contribution in [0.3, 0.4) is 0 Å². The Labute approximate surface area is 109 Å². The highest BCUT2D eigenvalue weighted by Crippen LogP contribution is 2.29. The van der Waals surface area contributed by atoms with Gasteiger partial charge in [-0.2, -0.15) is 0 Å². The molecule has 4 heteroatoms. The Morgan fingerprint density at radius 1 is 1.50 bits per heavy atom. The number of ether oxygens (including phenoxy) is 2. The van der Waals surface area contributed by atoms with Crippen LogP contribution in [0.2, 0.25) is 0 Å². The number of nitrogens with zero attached hydrogens (tertiary/aromatic N) is 1. The van der Waals surface area contributed by atoms with Gasteiger partial charge in [-0.3, -0.25) is 4.98 Å². The molecule has 1 aromatic heterocycles. The molecule has 0 spiro atoms. The van der Waals surface area contributed by atoms with Gasteiger partial charge in [0, 0.05) is 25.3 Å². The van der Waals surface area contributed by atoms with Crippen LogP contribution >= 0.6 is 0 Å². The van der Waals surface area contributed by atoms with Gasteiger partial charge in [0.1, 0.15) is 18.0 Å². The summed E-state index contributed by atoms with van der Waals surface area (Å²) in [5.74, 6) is 0.863. The van der Waals surface area contributed by atoms with Crippen LogP contribution in [-0.2, 0) is 4.74 Å². The van der Waals surface area contributed by atoms with Crippen molar-refractivity contribution in [3.8, 4) is 5.75 Å². The molecule has 1 fully saturated rings. The van der Waals surface area contributed by atoms with Crippen LogP contribution in [0.1, 0.15) is 25.5 Å². The third-order valence-electron chi connectivity index (χ3n) is 3.37. The highest BCUT2D eigenvalue weighted by atomic mass is 16.5. The maximum Gasteiger partial charge on any atom is 0.141 e. The monoisotopic (exact) mass is 250 g/mol. The molecule has 0 bridgehead atoms. The predicted molar refractivity (Wildman–Crippen MR) is 70.9 cm³/mol. The molecule has 0 radical (unpaired) electrons. The number of hydrogen-bond acceptors (Lipinski definition) is 4. The van der Waals surface area contributed by atoms with Crippen LogP contribution in [0.15, 0.2) is 18.3 Å². The molecule has 0 amide bonds. The van der Waals surface area contributed by atoms with E-state index in [1.54, 1.807) is 6.20 Å². The van der Waals surface area contributed by atoms with E-state index in [1.165, 1.54) is 0 Å². The van der Waals surface area contributed by atoms with Crippen molar-refractivity contribution in [2.45, 2.75) is 44.9 Å². The summed E-state index contributed by atoms with van der Waals surface area (Å²) in [5.41, 5.74) is 0.930. The Morgan fingerprint density at radius 2 is 2.33 bits per heavy atom. The Morgan fingerprint density at radius 3 is 3.00 bits per heavy atom. The minimum Gasteiger partial charge on any atom is -0.486 e. The summed E-state index contributed by atoms with van der Waals surface area (Å²) in [6.07, 6.45) is 4.08. The van der Waals surface area contributed by atoms with E-state index in [0.717, 1.165) is 30.9 Å². The Hall–Kier alpha value is -1.13. The zero-order valence-corrected chi connectivity index (χ0v) is 11.3. The van der Waals surface area contributed by atoms with Crippen molar-refractivity contribution in [3.05, 3.63) is 24.0 Å². The second-order valence-electron chi connectivity index (χ2n) is 4.71. The molecule has 4 nitrogen and oxygen atoms in total. The second kappa shape index (κ2) is 6.16. The first-order valence-corrected chi connectivity index (χ1v) is 6.63. The van der Waals surface area contributed by atoms with E-state index in [4.69, 9.17) is 9.47 Å². The minimum atomic E-state index is 0.136. The fourth-order valence-electron chi connectivity index (χ4n) is 2.21. The summed E-state index contributed by atoms with van der Waals surface area (Å²) in [6.45, 7) is 4.87. The molecule has 3 unspecified atom stereocenters. The second-order valence-corrected chi connectivity index (χ2v) is 4.71. The van der Waals surface area contributed by atoms with Gasteiger partial charge in [0.05, 0.1) is 5.69 Å². The van der Waals surface area contributed by atoms with Gasteiger partial charge < -0.3 is 14.8 Å². The molecular formula is C14H22N2O2. The topological polar surface area (TPSA) is 43.4 Å². The molecule has 1 saturated carbocycles. The first-order valence-electron chi connectivity index (χ1n) is 6.63. The van der Waals surface area contributed by atoms with E-state index in [1.807, 2.05) is 26.1 Å². The van der Waals surface area contributed by atoms with Crippen LogP contribution in [0.4, 0.5) is 0 Å². The van der Waals surface area contributed by atoms with Crippen LogP contribution in [0.5, 0.6) is 5.75 Å². The van der Waals surface area contributed by atoms with Crippen molar-refractivity contribution < 1.29 is 9.47 Å². The summed E-state index contributed by atoms with van der Waals surface area (Å²) in [4.78, 5) is 4.24. The van der Waals surface area contributed by atoms with Gasteiger partial charge in [-0.1, -0.05) is 6.92 Å². The summed E-state index contributed by atoms with van der Waals surface area (Å²) < 4.78 is 11.8. The molecule has 3 atom stereocenters. The van der Waals surface area contributed by atoms with E-state index in [0.29, 0.717) is 6.04 Å². The number of aryl methyl sites for hydroxylation is 1. The molecule has 1 N–H and O–H groups in total. The average molecular weight is 250 g/mol. The van der Waals surface area contributed by atoms with Crippen LogP contribution < -0.4 is 10.1 Å². The molecular weight excluding hydrogens is 228 g/mol. The van der Waals surface area contributed by atoms with Crippen molar-refractivity contribution >= 4 is 0 Å². The van der Waals surface area contributed by atoms with Crippen LogP contribution in [-0.4, -0.2) is 36.9 Å². The maximum absolute atomic E-state index is 6.00. The van der Waals surface area contributed by atoms with Gasteiger partial charge in [0.2, 0.25) is 0 Å². The molecule has 100 valence electrons. The molecule has 1 aliphatic rings. The lowest BCUT2D eigenvalue weighted by atomic mass is 9.85. The molecule has 1 aliphatic carbocycles. The molecule has 2 rings (SSSR count). The van der Waals surface area contributed by atoms with E-state index in [2.05, 4.69) is 17.2 Å². The fourth-order valence-corrected chi connectivity index (χ4v) is 2.21. The summed E-state index contributed by atoms with van der Waals surface area (Å²) >= 11 is 0. The predicted octanol–water partition coefficient (Wildman–Crippen LogP) is 1.92. The van der Waals surface area contributed by atoms with Crippen molar-refractivity contribution in [2.24, 2.45) is 0 Å². The lowest BCUT2D eigenvalue weighted by Crippen LogP contribution is -2.60. The SMILES string of the molecule is CCCOC1C(NC)CC1Oc1cccnc1C. The van der Waals surface area contributed by atoms with Crippen molar-refractivity contribution in [1.82, 2.24) is 10.3 Å². The van der Waals surface area contributed by atoms with Gasteiger partial charge in [-0.25, -0.2) is 0 Å². The van der Waals surface area contributed by atoms with Crippen molar-refractivity contribution in [1.29, 1.82) is 0 Å². The molecule has 18 heavy (non-hydrogen) atoms. The Kier molecular flexibility index (Phi) is 4.55. The third kappa shape index (κ3) is 2.82. The van der Waals surface area contributed by atoms with E-state index < -0.39 is 0 Å². The molecule has 0 saturated heterocycles. The van der Waals surface area contributed by atoms with Crippen molar-refractivity contribution in [3.63, 3.8) is 0 Å². The smallest absolute Gasteiger partial charge is 0.141 e. The van der Waals surface area contributed by atoms with Gasteiger partial charge in [-0.15, -0.1) is 0 Å². The van der Waals surface area contributed by atoms with Gasteiger partial charge in [0.25, 0.3) is 0 Å². The zero-order chi connectivity index (χ0) is 13.0. The quantitative estimate of drug-likeness (QED) is 0.837. The van der Waals surface area contributed by atoms with Crippen LogP contribution in [0.25, 0.3) is 0 Å². The molecule has 1 aromatic rings. The van der Waals surface area contributed by atoms with E-state index >= 15 is 0 Å². The Balaban J connectivity index is 1.95. The standard InChI is InChI=1S/C14H22N2O2/c1-4-8-17-14-11(15-3)9-13(14)18-12-6-5-7-16-10(12)2/h5-7,11,13-15H,4,8-9H2,1-3H3. The summed E-state index contributed by atoms with van der Waals surface area (Å²) in [5, 5.41) is 3.27. The minimum absolute atomic E-state index is 0.136. The zero-order valence-electron chi connectivity index (χ0n) is 11.3. The average Bonchev–Trinajstić information content (AvgIpc) is 2.36. The lowest BCUT2D eigenvalue weighted by molar-refractivity contribution is -0.106. The molecule has 0 aliphatic heterocycles. The number of aromatic nitrogens is 1. The molecule has 1 heterocycles. The Bertz CT molecular complexity index is 384. The fraction of sp³-hybridized carbons (Fsp3) is 0.643. The molecule has 0 aromatic carbocycles. The highest BCUT2D eigenvalue weighted by Gasteiger charge is 2.43. The van der Waals surface area contributed by atoms with Crippen molar-refractivity contribution in [2.75, 3.05) is 13.7 Å². The van der Waals surface area contributed by atoms with Gasteiger partial charge in [-0.05, 0) is 32.5 Å². The normalized spacial score (nSPS) is 26.7. The maximum atomic E-state index is 6.00. The van der Waals surface area contributed by atoms with Gasteiger partial charge >= 0.3 is 0 Å². The van der Waals surface area contributed by atoms with Gasteiger partial charge in [0.15, 0.2) is 0 Å². The first kappa shape index (κ1) is 13.3. The third-order valence-corrected chi connectivity index (χ3v) is 3.37. The van der Waals surface area contributed by atoms with Crippen LogP contribution in [0, 0.1) is 6.92 Å².